The molecule has 0 aliphatic heterocycles. The van der Waals surface area contributed by atoms with Crippen molar-refractivity contribution in [1.82, 2.24) is 0 Å². The Balaban J connectivity index is 2.63. The van der Waals surface area contributed by atoms with Crippen LogP contribution in [0.25, 0.3) is 10.8 Å². The fourth-order valence-electron chi connectivity index (χ4n) is 1.60. The second kappa shape index (κ2) is 4.49. The molecule has 17 heavy (non-hydrogen) atoms. The number of ether oxygens (including phenoxy) is 1. The maximum Gasteiger partial charge on any atom is 0.446 e. The van der Waals surface area contributed by atoms with Crippen LogP contribution in [0.15, 0.2) is 41.3 Å². The van der Waals surface area contributed by atoms with Crippen molar-refractivity contribution in [3.8, 4) is 5.75 Å². The molecule has 1 nitrogen and oxygen atoms in total. The first-order chi connectivity index (χ1) is 8.01. The van der Waals surface area contributed by atoms with E-state index in [1.165, 1.54) is 7.11 Å². The van der Waals surface area contributed by atoms with Crippen LogP contribution in [0, 0.1) is 0 Å². The van der Waals surface area contributed by atoms with E-state index in [-0.39, 0.29) is 22.4 Å². The highest BCUT2D eigenvalue weighted by Crippen LogP contribution is 2.44. The van der Waals surface area contributed by atoms with E-state index in [0.29, 0.717) is 5.39 Å². The van der Waals surface area contributed by atoms with Crippen LogP contribution in [0.5, 0.6) is 5.75 Å². The molecule has 90 valence electrons. The zero-order valence-electron chi connectivity index (χ0n) is 8.91. The van der Waals surface area contributed by atoms with Crippen molar-refractivity contribution in [1.29, 1.82) is 0 Å². The van der Waals surface area contributed by atoms with Crippen LogP contribution < -0.4 is 4.74 Å². The summed E-state index contributed by atoms with van der Waals surface area (Å²) in [6.07, 6.45) is 0. The number of hydrogen-bond acceptors (Lipinski definition) is 2. The van der Waals surface area contributed by atoms with E-state index >= 15 is 0 Å². The second-order valence-electron chi connectivity index (χ2n) is 3.37. The Bertz CT molecular complexity index is 537. The molecule has 0 unspecified atom stereocenters. The standard InChI is InChI=1S/C12H9F3OS/c1-16-10-7-6-8-4-2-3-5-9(8)11(10)17-12(13,14)15/h2-7H,1H3. The molecule has 0 N–H and O–H groups in total. The second-order valence-corrected chi connectivity index (χ2v) is 4.44. The minimum Gasteiger partial charge on any atom is -0.496 e. The lowest BCUT2D eigenvalue weighted by Crippen LogP contribution is -2.00. The van der Waals surface area contributed by atoms with E-state index in [2.05, 4.69) is 0 Å². The van der Waals surface area contributed by atoms with Gasteiger partial charge in [0, 0.05) is 0 Å². The number of rotatable bonds is 2. The SMILES string of the molecule is COc1ccc2ccccc2c1SC(F)(F)F. The molecule has 0 aromatic heterocycles. The Morgan fingerprint density at radius 1 is 1.06 bits per heavy atom. The molecule has 2 aromatic carbocycles. The van der Waals surface area contributed by atoms with Crippen molar-refractivity contribution in [2.75, 3.05) is 7.11 Å². The lowest BCUT2D eigenvalue weighted by molar-refractivity contribution is -0.0328. The van der Waals surface area contributed by atoms with E-state index in [4.69, 9.17) is 4.74 Å². The summed E-state index contributed by atoms with van der Waals surface area (Å²) in [4.78, 5) is 0.109. The summed E-state index contributed by atoms with van der Waals surface area (Å²) in [7, 11) is 1.37. The predicted octanol–water partition coefficient (Wildman–Crippen LogP) is 4.46. The molecule has 0 spiro atoms. The minimum atomic E-state index is -4.32. The summed E-state index contributed by atoms with van der Waals surface area (Å²) < 4.78 is 42.5. The molecule has 0 bridgehead atoms. The summed E-state index contributed by atoms with van der Waals surface area (Å²) in [6, 6.07) is 10.2. The third kappa shape index (κ3) is 2.66. The first-order valence-electron chi connectivity index (χ1n) is 4.83. The van der Waals surface area contributed by atoms with Crippen molar-refractivity contribution < 1.29 is 17.9 Å². The third-order valence-electron chi connectivity index (χ3n) is 2.28. The molecule has 0 fully saturated rings. The Morgan fingerprint density at radius 3 is 2.41 bits per heavy atom. The molecule has 0 heterocycles. The van der Waals surface area contributed by atoms with E-state index in [1.54, 1.807) is 36.4 Å². The summed E-state index contributed by atoms with van der Waals surface area (Å²) in [5.41, 5.74) is -4.32. The van der Waals surface area contributed by atoms with Gasteiger partial charge in [-0.1, -0.05) is 30.3 Å². The lowest BCUT2D eigenvalue weighted by atomic mass is 10.1. The third-order valence-corrected chi connectivity index (χ3v) is 3.14. The van der Waals surface area contributed by atoms with Crippen LogP contribution in [-0.4, -0.2) is 12.6 Å². The zero-order valence-corrected chi connectivity index (χ0v) is 9.73. The first kappa shape index (κ1) is 12.1. The number of alkyl halides is 3. The van der Waals surface area contributed by atoms with E-state index in [1.807, 2.05) is 0 Å². The zero-order chi connectivity index (χ0) is 12.5. The molecule has 0 atom stereocenters. The Morgan fingerprint density at radius 2 is 1.76 bits per heavy atom. The summed E-state index contributed by atoms with van der Waals surface area (Å²) >= 11 is -0.144. The largest absolute Gasteiger partial charge is 0.496 e. The molecule has 0 saturated heterocycles. The number of hydrogen-bond donors (Lipinski definition) is 0. The molecule has 2 rings (SSSR count). The number of fused-ring (bicyclic) bond motifs is 1. The summed E-state index contributed by atoms with van der Waals surface area (Å²) in [5, 5.41) is 1.31. The van der Waals surface area contributed by atoms with Crippen LogP contribution in [0.4, 0.5) is 13.2 Å². The normalized spacial score (nSPS) is 11.8. The monoisotopic (exact) mass is 258 g/mol. The Kier molecular flexibility index (Phi) is 3.19. The van der Waals surface area contributed by atoms with Crippen LogP contribution in [0.2, 0.25) is 0 Å². The van der Waals surface area contributed by atoms with Crippen LogP contribution >= 0.6 is 11.8 Å². The Labute approximate surface area is 101 Å². The Hall–Kier alpha value is -1.36. The smallest absolute Gasteiger partial charge is 0.446 e. The van der Waals surface area contributed by atoms with Gasteiger partial charge in [0.05, 0.1) is 12.0 Å². The minimum absolute atomic E-state index is 0.109. The molecule has 0 saturated carbocycles. The molecule has 0 aliphatic carbocycles. The topological polar surface area (TPSA) is 9.23 Å². The molecule has 2 aromatic rings. The van der Waals surface area contributed by atoms with E-state index < -0.39 is 5.51 Å². The van der Waals surface area contributed by atoms with Gasteiger partial charge in [-0.25, -0.2) is 0 Å². The maximum absolute atomic E-state index is 12.5. The quantitative estimate of drug-likeness (QED) is 0.735. The van der Waals surface area contributed by atoms with Crippen molar-refractivity contribution in [3.63, 3.8) is 0 Å². The molecule has 0 aliphatic rings. The average molecular weight is 258 g/mol. The lowest BCUT2D eigenvalue weighted by Gasteiger charge is -2.12. The highest BCUT2D eigenvalue weighted by atomic mass is 32.2. The highest BCUT2D eigenvalue weighted by Gasteiger charge is 2.31. The summed E-state index contributed by atoms with van der Waals surface area (Å²) in [5.74, 6) is 0.242. The van der Waals surface area contributed by atoms with E-state index in [0.717, 1.165) is 5.39 Å². The molecule has 0 radical (unpaired) electrons. The van der Waals surface area contributed by atoms with Gasteiger partial charge in [-0.15, -0.1) is 0 Å². The van der Waals surface area contributed by atoms with Gasteiger partial charge in [-0.3, -0.25) is 0 Å². The van der Waals surface area contributed by atoms with Gasteiger partial charge in [-0.05, 0) is 28.6 Å². The van der Waals surface area contributed by atoms with Crippen molar-refractivity contribution in [2.24, 2.45) is 0 Å². The number of benzene rings is 2. The van der Waals surface area contributed by atoms with E-state index in [9.17, 15) is 13.2 Å². The average Bonchev–Trinajstić information content (AvgIpc) is 2.28. The number of halogens is 3. The molecule has 5 heteroatoms. The van der Waals surface area contributed by atoms with Gasteiger partial charge in [0.25, 0.3) is 0 Å². The fraction of sp³-hybridized carbons (Fsp3) is 0.167. The van der Waals surface area contributed by atoms with Crippen LogP contribution in [0.3, 0.4) is 0 Å². The van der Waals surface area contributed by atoms with Gasteiger partial charge in [0.15, 0.2) is 0 Å². The van der Waals surface area contributed by atoms with Crippen molar-refractivity contribution >= 4 is 22.5 Å². The number of methoxy groups -OCH3 is 1. The molecule has 0 amide bonds. The summed E-state index contributed by atoms with van der Waals surface area (Å²) in [6.45, 7) is 0. The van der Waals surface area contributed by atoms with Gasteiger partial charge >= 0.3 is 5.51 Å². The van der Waals surface area contributed by atoms with Crippen molar-refractivity contribution in [2.45, 2.75) is 10.4 Å². The number of thioether (sulfide) groups is 1. The molecular formula is C12H9F3OS. The van der Waals surface area contributed by atoms with Gasteiger partial charge in [-0.2, -0.15) is 13.2 Å². The first-order valence-corrected chi connectivity index (χ1v) is 5.64. The maximum atomic E-state index is 12.5. The van der Waals surface area contributed by atoms with Gasteiger partial charge in [0.1, 0.15) is 5.75 Å². The highest BCUT2D eigenvalue weighted by molar-refractivity contribution is 8.00. The molecular weight excluding hydrogens is 249 g/mol. The van der Waals surface area contributed by atoms with Crippen LogP contribution in [0.1, 0.15) is 0 Å². The van der Waals surface area contributed by atoms with Gasteiger partial charge in [0.2, 0.25) is 0 Å². The van der Waals surface area contributed by atoms with Crippen LogP contribution in [-0.2, 0) is 0 Å². The predicted molar refractivity (Wildman–Crippen MR) is 62.4 cm³/mol. The van der Waals surface area contributed by atoms with Gasteiger partial charge < -0.3 is 4.74 Å². The van der Waals surface area contributed by atoms with Crippen molar-refractivity contribution in [3.05, 3.63) is 36.4 Å². The fourth-order valence-corrected chi connectivity index (χ4v) is 2.38.